The summed E-state index contributed by atoms with van der Waals surface area (Å²) in [6, 6.07) is 9.42. The van der Waals surface area contributed by atoms with Crippen LogP contribution in [0.4, 0.5) is 9.59 Å². The number of carbonyl (C=O) groups is 3. The zero-order chi connectivity index (χ0) is 18.5. The summed E-state index contributed by atoms with van der Waals surface area (Å²) in [4.78, 5) is 33.0. The second-order valence-corrected chi connectivity index (χ2v) is 5.66. The van der Waals surface area contributed by atoms with Crippen molar-refractivity contribution in [1.82, 2.24) is 16.0 Å². The lowest BCUT2D eigenvalue weighted by Crippen LogP contribution is -2.43. The van der Waals surface area contributed by atoms with Crippen LogP contribution < -0.4 is 16.0 Å². The van der Waals surface area contributed by atoms with Crippen molar-refractivity contribution in [2.24, 2.45) is 0 Å². The average molecular weight is 351 g/mol. The van der Waals surface area contributed by atoms with E-state index in [1.807, 2.05) is 30.3 Å². The first-order chi connectivity index (χ1) is 12.0. The third-order valence-corrected chi connectivity index (χ3v) is 3.59. The molecule has 8 nitrogen and oxygen atoms in total. The number of nitrogens with one attached hydrogen (secondary N) is 3. The van der Waals surface area contributed by atoms with Crippen molar-refractivity contribution in [2.75, 3.05) is 13.1 Å². The first-order valence-electron chi connectivity index (χ1n) is 8.24. The first-order valence-corrected chi connectivity index (χ1v) is 8.24. The molecule has 0 heterocycles. The molecule has 1 aromatic carbocycles. The summed E-state index contributed by atoms with van der Waals surface area (Å²) in [6.07, 6.45) is 0.512. The molecule has 8 heteroatoms. The molecule has 0 saturated carbocycles. The second kappa shape index (κ2) is 11.7. The zero-order valence-electron chi connectivity index (χ0n) is 14.0. The van der Waals surface area contributed by atoms with Gasteiger partial charge in [-0.25, -0.2) is 9.59 Å². The van der Waals surface area contributed by atoms with Crippen LogP contribution in [0.1, 0.15) is 31.2 Å². The predicted octanol–water partition coefficient (Wildman–Crippen LogP) is 1.81. The van der Waals surface area contributed by atoms with Gasteiger partial charge in [-0.1, -0.05) is 30.3 Å². The number of amides is 3. The second-order valence-electron chi connectivity index (χ2n) is 5.66. The molecule has 0 fully saturated rings. The Balaban J connectivity index is 2.25. The quantitative estimate of drug-likeness (QED) is 0.389. The van der Waals surface area contributed by atoms with E-state index in [2.05, 4.69) is 16.0 Å². The molecule has 0 radical (unpaired) electrons. The number of carboxylic acid groups (broad SMARTS) is 2. The average Bonchev–Trinajstić information content (AvgIpc) is 2.56. The Morgan fingerprint density at radius 1 is 0.960 bits per heavy atom. The van der Waals surface area contributed by atoms with Crippen molar-refractivity contribution in [1.29, 1.82) is 0 Å². The fourth-order valence-electron chi connectivity index (χ4n) is 2.37. The maximum Gasteiger partial charge on any atom is 0.404 e. The van der Waals surface area contributed by atoms with Gasteiger partial charge in [0.05, 0.1) is 0 Å². The number of rotatable bonds is 11. The van der Waals surface area contributed by atoms with E-state index in [4.69, 9.17) is 10.2 Å². The smallest absolute Gasteiger partial charge is 0.404 e. The summed E-state index contributed by atoms with van der Waals surface area (Å²) in [5, 5.41) is 24.6. The largest absolute Gasteiger partial charge is 0.465 e. The Labute approximate surface area is 146 Å². The van der Waals surface area contributed by atoms with Crippen LogP contribution >= 0.6 is 0 Å². The molecule has 1 aromatic rings. The molecule has 0 bridgehead atoms. The molecule has 0 spiro atoms. The number of aryl methyl sites for hydroxylation is 1. The van der Waals surface area contributed by atoms with Crippen LogP contribution in [-0.4, -0.2) is 47.4 Å². The van der Waals surface area contributed by atoms with Crippen LogP contribution in [0.15, 0.2) is 30.3 Å². The number of carbonyl (C=O) groups excluding carboxylic acids is 1. The summed E-state index contributed by atoms with van der Waals surface area (Å²) < 4.78 is 0. The van der Waals surface area contributed by atoms with Crippen LogP contribution in [0, 0.1) is 0 Å². The summed E-state index contributed by atoms with van der Waals surface area (Å²) in [5.74, 6) is -0.128. The first kappa shape index (κ1) is 20.3. The Hall–Kier alpha value is -2.77. The monoisotopic (exact) mass is 351 g/mol. The van der Waals surface area contributed by atoms with E-state index in [0.717, 1.165) is 12.8 Å². The Morgan fingerprint density at radius 2 is 1.68 bits per heavy atom. The fourth-order valence-corrected chi connectivity index (χ4v) is 2.37. The highest BCUT2D eigenvalue weighted by Gasteiger charge is 2.13. The maximum atomic E-state index is 11.9. The van der Waals surface area contributed by atoms with Gasteiger partial charge in [0.15, 0.2) is 0 Å². The molecule has 3 amide bonds. The molecule has 0 unspecified atom stereocenters. The summed E-state index contributed by atoms with van der Waals surface area (Å²) in [6.45, 7) is 0.418. The van der Waals surface area contributed by atoms with E-state index in [1.54, 1.807) is 0 Å². The lowest BCUT2D eigenvalue weighted by molar-refractivity contribution is -0.121. The van der Waals surface area contributed by atoms with E-state index in [0.29, 0.717) is 19.3 Å². The van der Waals surface area contributed by atoms with Gasteiger partial charge in [-0.3, -0.25) is 4.79 Å². The SMILES string of the molecule is O=C(O)NCCC[C@@H](CNC(=O)CCCc1ccccc1)NC(=O)O. The number of hydrogen-bond donors (Lipinski definition) is 5. The van der Waals surface area contributed by atoms with Crippen LogP contribution in [0.2, 0.25) is 0 Å². The van der Waals surface area contributed by atoms with Gasteiger partial charge in [0, 0.05) is 25.6 Å². The molecule has 0 aliphatic heterocycles. The lowest BCUT2D eigenvalue weighted by atomic mass is 10.1. The van der Waals surface area contributed by atoms with E-state index in [1.165, 1.54) is 5.56 Å². The van der Waals surface area contributed by atoms with Gasteiger partial charge in [-0.15, -0.1) is 0 Å². The van der Waals surface area contributed by atoms with Crippen LogP contribution in [0.25, 0.3) is 0 Å². The summed E-state index contributed by atoms with van der Waals surface area (Å²) in [5.41, 5.74) is 1.17. The fraction of sp³-hybridized carbons (Fsp3) is 0.471. The Bertz CT molecular complexity index is 550. The van der Waals surface area contributed by atoms with E-state index < -0.39 is 18.2 Å². The minimum absolute atomic E-state index is 0.128. The summed E-state index contributed by atoms with van der Waals surface area (Å²) >= 11 is 0. The van der Waals surface area contributed by atoms with Crippen molar-refractivity contribution >= 4 is 18.1 Å². The molecule has 0 aliphatic carbocycles. The van der Waals surface area contributed by atoms with E-state index >= 15 is 0 Å². The van der Waals surface area contributed by atoms with Gasteiger partial charge in [0.1, 0.15) is 0 Å². The molecular formula is C17H25N3O5. The van der Waals surface area contributed by atoms with Crippen molar-refractivity contribution in [3.8, 4) is 0 Å². The van der Waals surface area contributed by atoms with Gasteiger partial charge in [0.25, 0.3) is 0 Å². The van der Waals surface area contributed by atoms with Crippen molar-refractivity contribution in [3.63, 3.8) is 0 Å². The topological polar surface area (TPSA) is 128 Å². The molecule has 138 valence electrons. The number of benzene rings is 1. The van der Waals surface area contributed by atoms with E-state index in [-0.39, 0.29) is 19.0 Å². The molecule has 1 atom stereocenters. The van der Waals surface area contributed by atoms with Crippen LogP contribution in [-0.2, 0) is 11.2 Å². The van der Waals surface area contributed by atoms with Crippen molar-refractivity contribution < 1.29 is 24.6 Å². The summed E-state index contributed by atoms with van der Waals surface area (Å²) in [7, 11) is 0. The Kier molecular flexibility index (Phi) is 9.50. The highest BCUT2D eigenvalue weighted by molar-refractivity contribution is 5.76. The normalized spacial score (nSPS) is 11.4. The third kappa shape index (κ3) is 10.6. The molecule has 25 heavy (non-hydrogen) atoms. The minimum atomic E-state index is -1.17. The van der Waals surface area contributed by atoms with Gasteiger partial charge in [0.2, 0.25) is 5.91 Å². The van der Waals surface area contributed by atoms with Gasteiger partial charge in [-0.05, 0) is 31.2 Å². The number of hydrogen-bond acceptors (Lipinski definition) is 3. The van der Waals surface area contributed by atoms with Crippen LogP contribution in [0.5, 0.6) is 0 Å². The standard InChI is InChI=1S/C17H25N3O5/c21-15(10-4-8-13-6-2-1-3-7-13)19-12-14(20-17(24)25)9-5-11-18-16(22)23/h1-3,6-7,14,18,20H,4-5,8-12H2,(H,19,21)(H,22,23)(H,24,25)/t14-/m0/s1. The van der Waals surface area contributed by atoms with Gasteiger partial charge < -0.3 is 26.2 Å². The molecule has 1 rings (SSSR count). The molecule has 0 aliphatic rings. The predicted molar refractivity (Wildman–Crippen MR) is 92.6 cm³/mol. The lowest BCUT2D eigenvalue weighted by Gasteiger charge is -2.17. The minimum Gasteiger partial charge on any atom is -0.465 e. The van der Waals surface area contributed by atoms with Crippen molar-refractivity contribution in [2.45, 2.75) is 38.1 Å². The van der Waals surface area contributed by atoms with E-state index in [9.17, 15) is 14.4 Å². The molecular weight excluding hydrogens is 326 g/mol. The zero-order valence-corrected chi connectivity index (χ0v) is 14.0. The van der Waals surface area contributed by atoms with Gasteiger partial charge >= 0.3 is 12.2 Å². The Morgan fingerprint density at radius 3 is 2.32 bits per heavy atom. The molecule has 0 saturated heterocycles. The molecule has 5 N–H and O–H groups in total. The highest BCUT2D eigenvalue weighted by Crippen LogP contribution is 2.04. The molecule has 0 aromatic heterocycles. The van der Waals surface area contributed by atoms with Gasteiger partial charge in [-0.2, -0.15) is 0 Å². The van der Waals surface area contributed by atoms with Crippen molar-refractivity contribution in [3.05, 3.63) is 35.9 Å². The highest BCUT2D eigenvalue weighted by atomic mass is 16.4. The third-order valence-electron chi connectivity index (χ3n) is 3.59. The maximum absolute atomic E-state index is 11.9. The van der Waals surface area contributed by atoms with Crippen LogP contribution in [0.3, 0.4) is 0 Å².